The van der Waals surface area contributed by atoms with Gasteiger partial charge in [0.25, 0.3) is 0 Å². The van der Waals surface area contributed by atoms with Crippen LogP contribution in [0.2, 0.25) is 0 Å². The zero-order valence-corrected chi connectivity index (χ0v) is 12.9. The average molecular weight is 347 g/mol. The standard InChI is InChI=1S/C13H16BrFN2O3/c1-6(2)11(12(18)19)17-13(20)16-10-5-8(14)9(15)4-7(10)3/h4-6,11H,1-3H3,(H,18,19)(H2,16,17,20)/t11-/m0/s1. The number of hydrogen-bond donors (Lipinski definition) is 3. The second-order valence-corrected chi connectivity index (χ2v) is 5.59. The first kappa shape index (κ1) is 16.4. The van der Waals surface area contributed by atoms with Crippen LogP contribution in [0.25, 0.3) is 0 Å². The summed E-state index contributed by atoms with van der Waals surface area (Å²) < 4.78 is 13.5. The molecule has 1 rings (SSSR count). The molecule has 5 nitrogen and oxygen atoms in total. The van der Waals surface area contributed by atoms with Crippen molar-refractivity contribution in [2.75, 3.05) is 5.32 Å². The second kappa shape index (κ2) is 6.69. The summed E-state index contributed by atoms with van der Waals surface area (Å²) in [5.74, 6) is -1.79. The summed E-state index contributed by atoms with van der Waals surface area (Å²) in [5.41, 5.74) is 0.945. The fourth-order valence-electron chi connectivity index (χ4n) is 1.59. The molecular weight excluding hydrogens is 331 g/mol. The lowest BCUT2D eigenvalue weighted by Crippen LogP contribution is -2.46. The number of aryl methyl sites for hydroxylation is 1. The van der Waals surface area contributed by atoms with E-state index in [0.29, 0.717) is 11.3 Å². The molecule has 2 amide bonds. The van der Waals surface area contributed by atoms with Gasteiger partial charge in [-0.25, -0.2) is 14.0 Å². The van der Waals surface area contributed by atoms with Gasteiger partial charge in [-0.2, -0.15) is 0 Å². The van der Waals surface area contributed by atoms with Gasteiger partial charge in [0.15, 0.2) is 0 Å². The van der Waals surface area contributed by atoms with Crippen molar-refractivity contribution in [1.82, 2.24) is 5.32 Å². The van der Waals surface area contributed by atoms with E-state index in [1.807, 2.05) is 0 Å². The number of carboxylic acids is 1. The van der Waals surface area contributed by atoms with Crippen molar-refractivity contribution in [3.63, 3.8) is 0 Å². The zero-order chi connectivity index (χ0) is 15.4. The van der Waals surface area contributed by atoms with Gasteiger partial charge in [-0.05, 0) is 46.5 Å². The van der Waals surface area contributed by atoms with Crippen LogP contribution in [0.15, 0.2) is 16.6 Å². The smallest absolute Gasteiger partial charge is 0.326 e. The molecule has 0 unspecified atom stereocenters. The summed E-state index contributed by atoms with van der Waals surface area (Å²) in [6.45, 7) is 5.03. The fourth-order valence-corrected chi connectivity index (χ4v) is 1.94. The molecule has 0 aromatic heterocycles. The minimum Gasteiger partial charge on any atom is -0.480 e. The summed E-state index contributed by atoms with van der Waals surface area (Å²) in [4.78, 5) is 22.8. The summed E-state index contributed by atoms with van der Waals surface area (Å²) >= 11 is 3.03. The van der Waals surface area contributed by atoms with E-state index in [1.54, 1.807) is 20.8 Å². The Kier molecular flexibility index (Phi) is 5.50. The van der Waals surface area contributed by atoms with Crippen LogP contribution in [0.5, 0.6) is 0 Å². The summed E-state index contributed by atoms with van der Waals surface area (Å²) in [6.07, 6.45) is 0. The maximum atomic E-state index is 13.3. The first-order chi connectivity index (χ1) is 9.22. The van der Waals surface area contributed by atoms with Gasteiger partial charge in [-0.1, -0.05) is 13.8 Å². The molecule has 1 aromatic carbocycles. The van der Waals surface area contributed by atoms with Crippen molar-refractivity contribution in [2.24, 2.45) is 5.92 Å². The second-order valence-electron chi connectivity index (χ2n) is 4.74. The molecule has 20 heavy (non-hydrogen) atoms. The highest BCUT2D eigenvalue weighted by molar-refractivity contribution is 9.10. The van der Waals surface area contributed by atoms with Crippen molar-refractivity contribution in [1.29, 1.82) is 0 Å². The Morgan fingerprint density at radius 3 is 2.45 bits per heavy atom. The number of nitrogens with one attached hydrogen (secondary N) is 2. The van der Waals surface area contributed by atoms with Crippen LogP contribution >= 0.6 is 15.9 Å². The van der Waals surface area contributed by atoms with E-state index in [0.717, 1.165) is 0 Å². The van der Waals surface area contributed by atoms with Crippen molar-refractivity contribution >= 4 is 33.6 Å². The lowest BCUT2D eigenvalue weighted by Gasteiger charge is -2.18. The number of hydrogen-bond acceptors (Lipinski definition) is 2. The van der Waals surface area contributed by atoms with Gasteiger partial charge in [0.1, 0.15) is 11.9 Å². The molecule has 110 valence electrons. The third kappa shape index (κ3) is 4.19. The number of carbonyl (C=O) groups excluding carboxylic acids is 1. The van der Waals surface area contributed by atoms with Gasteiger partial charge in [0.2, 0.25) is 0 Å². The highest BCUT2D eigenvalue weighted by Gasteiger charge is 2.23. The van der Waals surface area contributed by atoms with Gasteiger partial charge in [-0.3, -0.25) is 0 Å². The molecule has 0 aliphatic heterocycles. The molecule has 7 heteroatoms. The maximum Gasteiger partial charge on any atom is 0.326 e. The minimum atomic E-state index is -1.10. The third-order valence-electron chi connectivity index (χ3n) is 2.73. The number of anilines is 1. The van der Waals surface area contributed by atoms with E-state index in [4.69, 9.17) is 5.11 Å². The van der Waals surface area contributed by atoms with Crippen LogP contribution in [0.4, 0.5) is 14.9 Å². The summed E-state index contributed by atoms with van der Waals surface area (Å²) in [7, 11) is 0. The fraction of sp³-hybridized carbons (Fsp3) is 0.385. The molecule has 3 N–H and O–H groups in total. The monoisotopic (exact) mass is 346 g/mol. The van der Waals surface area contributed by atoms with Gasteiger partial charge in [0.05, 0.1) is 4.47 Å². The number of carboxylic acid groups (broad SMARTS) is 1. The quantitative estimate of drug-likeness (QED) is 0.783. The van der Waals surface area contributed by atoms with E-state index >= 15 is 0 Å². The van der Waals surface area contributed by atoms with Crippen LogP contribution in [0.3, 0.4) is 0 Å². The molecule has 0 bridgehead atoms. The molecule has 0 heterocycles. The predicted molar refractivity (Wildman–Crippen MR) is 77.3 cm³/mol. The number of rotatable bonds is 4. The topological polar surface area (TPSA) is 78.4 Å². The Morgan fingerprint density at radius 1 is 1.35 bits per heavy atom. The Hall–Kier alpha value is -1.63. The Labute approximate surface area is 124 Å². The van der Waals surface area contributed by atoms with E-state index in [2.05, 4.69) is 26.6 Å². The normalized spacial score (nSPS) is 12.1. The number of halogens is 2. The van der Waals surface area contributed by atoms with Gasteiger partial charge < -0.3 is 15.7 Å². The number of benzene rings is 1. The molecule has 0 radical (unpaired) electrons. The van der Waals surface area contributed by atoms with Crippen molar-refractivity contribution in [3.8, 4) is 0 Å². The number of carbonyl (C=O) groups is 2. The van der Waals surface area contributed by atoms with Crippen molar-refractivity contribution in [3.05, 3.63) is 28.0 Å². The van der Waals surface area contributed by atoms with Crippen molar-refractivity contribution < 1.29 is 19.1 Å². The molecule has 0 saturated heterocycles. The molecule has 0 aliphatic carbocycles. The van der Waals surface area contributed by atoms with Crippen LogP contribution in [0.1, 0.15) is 19.4 Å². The highest BCUT2D eigenvalue weighted by atomic mass is 79.9. The highest BCUT2D eigenvalue weighted by Crippen LogP contribution is 2.24. The van der Waals surface area contributed by atoms with E-state index in [9.17, 15) is 14.0 Å². The molecule has 0 fully saturated rings. The molecule has 0 aliphatic rings. The van der Waals surface area contributed by atoms with Gasteiger partial charge in [-0.15, -0.1) is 0 Å². The predicted octanol–water partition coefficient (Wildman–Crippen LogP) is 3.13. The van der Waals surface area contributed by atoms with Gasteiger partial charge >= 0.3 is 12.0 Å². The van der Waals surface area contributed by atoms with Crippen LogP contribution in [-0.2, 0) is 4.79 Å². The molecule has 1 aromatic rings. The zero-order valence-electron chi connectivity index (χ0n) is 11.3. The number of amides is 2. The molecule has 1 atom stereocenters. The third-order valence-corrected chi connectivity index (χ3v) is 3.34. The Balaban J connectivity index is 2.81. The Bertz CT molecular complexity index is 535. The average Bonchev–Trinajstić information content (AvgIpc) is 2.32. The SMILES string of the molecule is Cc1cc(F)c(Br)cc1NC(=O)N[C@H](C(=O)O)C(C)C. The summed E-state index contributed by atoms with van der Waals surface area (Å²) in [5, 5.41) is 13.9. The first-order valence-corrected chi connectivity index (χ1v) is 6.77. The van der Waals surface area contributed by atoms with Crippen LogP contribution in [0, 0.1) is 18.7 Å². The van der Waals surface area contributed by atoms with Crippen LogP contribution < -0.4 is 10.6 Å². The number of aliphatic carboxylic acids is 1. The minimum absolute atomic E-state index is 0.219. The molecule has 0 saturated carbocycles. The maximum absolute atomic E-state index is 13.3. The lowest BCUT2D eigenvalue weighted by molar-refractivity contribution is -0.140. The van der Waals surface area contributed by atoms with Crippen molar-refractivity contribution in [2.45, 2.75) is 26.8 Å². The first-order valence-electron chi connectivity index (χ1n) is 5.98. The Morgan fingerprint density at radius 2 is 1.95 bits per heavy atom. The molecule has 0 spiro atoms. The lowest BCUT2D eigenvalue weighted by atomic mass is 10.1. The van der Waals surface area contributed by atoms with E-state index in [-0.39, 0.29) is 10.4 Å². The summed E-state index contributed by atoms with van der Waals surface area (Å²) in [6, 6.07) is 1.07. The molecular formula is C13H16BrFN2O3. The number of urea groups is 1. The van der Waals surface area contributed by atoms with Crippen LogP contribution in [-0.4, -0.2) is 23.1 Å². The van der Waals surface area contributed by atoms with E-state index in [1.165, 1.54) is 12.1 Å². The van der Waals surface area contributed by atoms with Gasteiger partial charge in [0, 0.05) is 5.69 Å². The van der Waals surface area contributed by atoms with E-state index < -0.39 is 23.9 Å². The largest absolute Gasteiger partial charge is 0.480 e.